The van der Waals surface area contributed by atoms with Crippen LogP contribution < -0.4 is 5.90 Å². The van der Waals surface area contributed by atoms with Crippen LogP contribution in [0.5, 0.6) is 0 Å². The fourth-order valence-corrected chi connectivity index (χ4v) is 0.932. The first-order valence-electron chi connectivity index (χ1n) is 3.49. The van der Waals surface area contributed by atoms with Gasteiger partial charge in [-0.25, -0.2) is 14.7 Å². The van der Waals surface area contributed by atoms with Crippen LogP contribution in [0.2, 0.25) is 0 Å². The molecule has 0 saturated heterocycles. The van der Waals surface area contributed by atoms with Crippen LogP contribution in [0.15, 0.2) is 18.2 Å². The van der Waals surface area contributed by atoms with E-state index in [1.165, 1.54) is 12.1 Å². The highest BCUT2D eigenvalue weighted by molar-refractivity contribution is 5.17. The van der Waals surface area contributed by atoms with Gasteiger partial charge in [0, 0.05) is 6.07 Å². The van der Waals surface area contributed by atoms with Gasteiger partial charge in [0.2, 0.25) is 0 Å². The minimum atomic E-state index is -0.581. The molecule has 1 rings (SSSR count). The van der Waals surface area contributed by atoms with Gasteiger partial charge in [-0.2, -0.15) is 0 Å². The van der Waals surface area contributed by atoms with Gasteiger partial charge in [-0.05, 0) is 24.1 Å². The van der Waals surface area contributed by atoms with E-state index in [4.69, 9.17) is 5.90 Å². The van der Waals surface area contributed by atoms with Crippen LogP contribution in [0.1, 0.15) is 5.56 Å². The van der Waals surface area contributed by atoms with Crippen molar-refractivity contribution < 1.29 is 13.6 Å². The molecule has 12 heavy (non-hydrogen) atoms. The van der Waals surface area contributed by atoms with E-state index < -0.39 is 11.6 Å². The van der Waals surface area contributed by atoms with Crippen LogP contribution in [-0.2, 0) is 11.3 Å². The summed E-state index contributed by atoms with van der Waals surface area (Å²) in [5, 5.41) is 0. The summed E-state index contributed by atoms with van der Waals surface area (Å²) in [4.78, 5) is 4.28. The number of hydrogen-bond donors (Lipinski definition) is 1. The van der Waals surface area contributed by atoms with Crippen molar-refractivity contribution in [2.75, 3.05) is 6.61 Å². The SMILES string of the molecule is NOCCc1cc(F)cc(F)c1. The molecule has 0 unspecified atom stereocenters. The molecule has 0 aromatic heterocycles. The molecule has 0 amide bonds. The highest BCUT2D eigenvalue weighted by Gasteiger charge is 1.99. The molecule has 0 aliphatic carbocycles. The molecular weight excluding hydrogens is 164 g/mol. The van der Waals surface area contributed by atoms with E-state index in [2.05, 4.69) is 4.84 Å². The summed E-state index contributed by atoms with van der Waals surface area (Å²) in [6.45, 7) is 0.253. The molecule has 0 fully saturated rings. The second-order valence-electron chi connectivity index (χ2n) is 2.40. The van der Waals surface area contributed by atoms with Gasteiger partial charge in [-0.1, -0.05) is 0 Å². The van der Waals surface area contributed by atoms with Crippen molar-refractivity contribution in [1.82, 2.24) is 0 Å². The van der Waals surface area contributed by atoms with E-state index in [1.807, 2.05) is 0 Å². The Hall–Kier alpha value is -1.00. The van der Waals surface area contributed by atoms with Crippen molar-refractivity contribution >= 4 is 0 Å². The van der Waals surface area contributed by atoms with Crippen LogP contribution >= 0.6 is 0 Å². The molecule has 0 bridgehead atoms. The molecule has 2 nitrogen and oxygen atoms in total. The van der Waals surface area contributed by atoms with Crippen LogP contribution in [-0.4, -0.2) is 6.61 Å². The Balaban J connectivity index is 2.72. The van der Waals surface area contributed by atoms with Gasteiger partial charge in [-0.15, -0.1) is 0 Å². The molecule has 0 saturated carbocycles. The average molecular weight is 173 g/mol. The van der Waals surface area contributed by atoms with Gasteiger partial charge in [0.15, 0.2) is 0 Å². The molecule has 1 aromatic rings. The number of benzene rings is 1. The molecule has 0 radical (unpaired) electrons. The molecule has 0 heterocycles. The van der Waals surface area contributed by atoms with Gasteiger partial charge in [0.1, 0.15) is 11.6 Å². The number of halogens is 2. The van der Waals surface area contributed by atoms with E-state index in [9.17, 15) is 8.78 Å². The number of nitrogens with two attached hydrogens (primary N) is 1. The Labute approximate surface area is 68.9 Å². The highest BCUT2D eigenvalue weighted by Crippen LogP contribution is 2.08. The Morgan fingerprint density at radius 1 is 1.17 bits per heavy atom. The quantitative estimate of drug-likeness (QED) is 0.701. The first-order chi connectivity index (χ1) is 5.72. The lowest BCUT2D eigenvalue weighted by Gasteiger charge is -1.99. The Kier molecular flexibility index (Phi) is 3.13. The fraction of sp³-hybridized carbons (Fsp3) is 0.250. The molecule has 2 N–H and O–H groups in total. The zero-order chi connectivity index (χ0) is 8.97. The minimum Gasteiger partial charge on any atom is -0.304 e. The summed E-state index contributed by atoms with van der Waals surface area (Å²) >= 11 is 0. The summed E-state index contributed by atoms with van der Waals surface area (Å²) in [6, 6.07) is 3.33. The van der Waals surface area contributed by atoms with Crippen LogP contribution in [0.25, 0.3) is 0 Å². The lowest BCUT2D eigenvalue weighted by molar-refractivity contribution is 0.141. The topological polar surface area (TPSA) is 35.2 Å². The zero-order valence-corrected chi connectivity index (χ0v) is 6.39. The maximum atomic E-state index is 12.5. The van der Waals surface area contributed by atoms with Crippen molar-refractivity contribution in [3.05, 3.63) is 35.4 Å². The summed E-state index contributed by atoms with van der Waals surface area (Å²) in [5.41, 5.74) is 0.540. The molecule has 0 spiro atoms. The maximum Gasteiger partial charge on any atom is 0.126 e. The van der Waals surface area contributed by atoms with E-state index in [1.54, 1.807) is 0 Å². The molecule has 4 heteroatoms. The Bertz CT molecular complexity index is 245. The Morgan fingerprint density at radius 3 is 2.25 bits per heavy atom. The lowest BCUT2D eigenvalue weighted by atomic mass is 10.1. The van der Waals surface area contributed by atoms with Crippen molar-refractivity contribution in [2.24, 2.45) is 5.90 Å². The summed E-state index contributed by atoms with van der Waals surface area (Å²) in [7, 11) is 0. The smallest absolute Gasteiger partial charge is 0.126 e. The predicted molar refractivity (Wildman–Crippen MR) is 40.2 cm³/mol. The van der Waals surface area contributed by atoms with E-state index in [0.717, 1.165) is 6.07 Å². The Morgan fingerprint density at radius 2 is 1.75 bits per heavy atom. The van der Waals surface area contributed by atoms with Crippen molar-refractivity contribution in [2.45, 2.75) is 6.42 Å². The summed E-state index contributed by atoms with van der Waals surface area (Å²) < 4.78 is 25.1. The minimum absolute atomic E-state index is 0.253. The number of rotatable bonds is 3. The number of hydrogen-bond acceptors (Lipinski definition) is 2. The average Bonchev–Trinajstić information content (AvgIpc) is 1.99. The largest absolute Gasteiger partial charge is 0.304 e. The molecule has 1 aromatic carbocycles. The van der Waals surface area contributed by atoms with Crippen molar-refractivity contribution in [1.29, 1.82) is 0 Å². The third kappa shape index (κ3) is 2.56. The maximum absolute atomic E-state index is 12.5. The van der Waals surface area contributed by atoms with Crippen LogP contribution in [0.3, 0.4) is 0 Å². The first kappa shape index (κ1) is 9.09. The summed E-state index contributed by atoms with van der Waals surface area (Å²) in [6.07, 6.45) is 0.408. The molecule has 0 aliphatic rings. The standard InChI is InChI=1S/C8H9F2NO/c9-7-3-6(1-2-12-11)4-8(10)5-7/h3-5H,1-2,11H2. The lowest BCUT2D eigenvalue weighted by Crippen LogP contribution is -2.04. The first-order valence-corrected chi connectivity index (χ1v) is 3.49. The second kappa shape index (κ2) is 4.13. The van der Waals surface area contributed by atoms with E-state index >= 15 is 0 Å². The molecular formula is C8H9F2NO. The van der Waals surface area contributed by atoms with Gasteiger partial charge >= 0.3 is 0 Å². The molecule has 66 valence electrons. The van der Waals surface area contributed by atoms with Crippen molar-refractivity contribution in [3.63, 3.8) is 0 Å². The highest BCUT2D eigenvalue weighted by atomic mass is 19.1. The van der Waals surface area contributed by atoms with Crippen molar-refractivity contribution in [3.8, 4) is 0 Å². The zero-order valence-electron chi connectivity index (χ0n) is 6.39. The van der Waals surface area contributed by atoms with Crippen LogP contribution in [0, 0.1) is 11.6 Å². The second-order valence-corrected chi connectivity index (χ2v) is 2.40. The third-order valence-electron chi connectivity index (χ3n) is 1.43. The van der Waals surface area contributed by atoms with Gasteiger partial charge in [0.25, 0.3) is 0 Å². The molecule has 0 aliphatic heterocycles. The van der Waals surface area contributed by atoms with Crippen LogP contribution in [0.4, 0.5) is 8.78 Å². The van der Waals surface area contributed by atoms with Gasteiger partial charge < -0.3 is 4.84 Å². The van der Waals surface area contributed by atoms with E-state index in [-0.39, 0.29) is 6.61 Å². The monoisotopic (exact) mass is 173 g/mol. The van der Waals surface area contributed by atoms with Gasteiger partial charge in [-0.3, -0.25) is 0 Å². The fourth-order valence-electron chi connectivity index (χ4n) is 0.932. The third-order valence-corrected chi connectivity index (χ3v) is 1.43. The predicted octanol–water partition coefficient (Wildman–Crippen LogP) is 1.40. The van der Waals surface area contributed by atoms with E-state index in [0.29, 0.717) is 12.0 Å². The normalized spacial score (nSPS) is 10.2. The van der Waals surface area contributed by atoms with Gasteiger partial charge in [0.05, 0.1) is 6.61 Å². The molecule has 0 atom stereocenters. The summed E-state index contributed by atoms with van der Waals surface area (Å²) in [5.74, 6) is 3.60.